The maximum Gasteiger partial charge on any atom is 0.217 e. The molecule has 4 atom stereocenters. The first-order chi connectivity index (χ1) is 11.1. The summed E-state index contributed by atoms with van der Waals surface area (Å²) in [7, 11) is 0. The van der Waals surface area contributed by atoms with Crippen LogP contribution in [0.3, 0.4) is 0 Å². The molecule has 118 valence electrons. The summed E-state index contributed by atoms with van der Waals surface area (Å²) < 4.78 is 11.9. The molecule has 0 aromatic carbocycles. The monoisotopic (exact) mass is 310 g/mol. The lowest BCUT2D eigenvalue weighted by molar-refractivity contribution is -0.274. The van der Waals surface area contributed by atoms with Crippen LogP contribution in [0.5, 0.6) is 0 Å². The van der Waals surface area contributed by atoms with Crippen LogP contribution in [0.4, 0.5) is 0 Å². The fraction of sp³-hybridized carbons (Fsp3) is 0.647. The van der Waals surface area contributed by atoms with Gasteiger partial charge in [-0.3, -0.25) is 5.41 Å². The fourth-order valence-corrected chi connectivity index (χ4v) is 4.46. The Balaban J connectivity index is 2.27. The molecule has 2 aliphatic heterocycles. The first-order valence-electron chi connectivity index (χ1n) is 7.89. The quantitative estimate of drug-likeness (QED) is 0.748. The molecule has 1 N–H and O–H groups in total. The Morgan fingerprint density at radius 3 is 2.43 bits per heavy atom. The van der Waals surface area contributed by atoms with Gasteiger partial charge in [0.15, 0.2) is 5.41 Å². The number of rotatable bonds is 1. The standard InChI is InChI=1S/C17H18N4O2/c1-2-13-15(9-18,10-19)16(11-20)12-7-5-3-4-6-8-17(12,22-13)23-14(16)21/h2,12-13,21H,1,3-8H2. The molecular formula is C17H18N4O2. The number of nitrogens with zero attached hydrogens (tertiary/aromatic N) is 3. The van der Waals surface area contributed by atoms with Crippen molar-refractivity contribution in [3.05, 3.63) is 12.7 Å². The van der Waals surface area contributed by atoms with E-state index in [0.29, 0.717) is 12.8 Å². The third kappa shape index (κ3) is 1.61. The lowest BCUT2D eigenvalue weighted by Crippen LogP contribution is -2.62. The van der Waals surface area contributed by atoms with Gasteiger partial charge in [0.2, 0.25) is 17.1 Å². The largest absolute Gasteiger partial charge is 0.447 e. The smallest absolute Gasteiger partial charge is 0.217 e. The number of ether oxygens (including phenoxy) is 2. The zero-order valence-electron chi connectivity index (χ0n) is 12.8. The Morgan fingerprint density at radius 1 is 1.13 bits per heavy atom. The van der Waals surface area contributed by atoms with Gasteiger partial charge < -0.3 is 9.47 Å². The summed E-state index contributed by atoms with van der Waals surface area (Å²) >= 11 is 0. The summed E-state index contributed by atoms with van der Waals surface area (Å²) in [5.74, 6) is -1.88. The molecule has 23 heavy (non-hydrogen) atoms. The van der Waals surface area contributed by atoms with Crippen molar-refractivity contribution in [2.45, 2.75) is 50.4 Å². The third-order valence-electron chi connectivity index (χ3n) is 5.57. The normalized spacial score (nSPS) is 41.0. The number of hydrogen-bond acceptors (Lipinski definition) is 6. The Hall–Kier alpha value is -2.36. The van der Waals surface area contributed by atoms with Crippen molar-refractivity contribution in [2.75, 3.05) is 0 Å². The minimum Gasteiger partial charge on any atom is -0.447 e. The van der Waals surface area contributed by atoms with E-state index in [0.717, 1.165) is 25.7 Å². The van der Waals surface area contributed by atoms with Crippen LogP contribution in [0.2, 0.25) is 0 Å². The van der Waals surface area contributed by atoms with Gasteiger partial charge in [0.05, 0.1) is 24.1 Å². The zero-order chi connectivity index (χ0) is 16.7. The van der Waals surface area contributed by atoms with E-state index >= 15 is 0 Å². The first kappa shape index (κ1) is 15.5. The van der Waals surface area contributed by atoms with Crippen LogP contribution in [0.25, 0.3) is 0 Å². The van der Waals surface area contributed by atoms with Gasteiger partial charge >= 0.3 is 0 Å². The average molecular weight is 310 g/mol. The van der Waals surface area contributed by atoms with Crippen molar-refractivity contribution in [3.8, 4) is 18.2 Å². The Morgan fingerprint density at radius 2 is 1.83 bits per heavy atom. The zero-order valence-corrected chi connectivity index (χ0v) is 12.8. The van der Waals surface area contributed by atoms with Crippen molar-refractivity contribution in [1.82, 2.24) is 0 Å². The van der Waals surface area contributed by atoms with Crippen molar-refractivity contribution < 1.29 is 9.47 Å². The molecule has 0 radical (unpaired) electrons. The third-order valence-corrected chi connectivity index (χ3v) is 5.57. The van der Waals surface area contributed by atoms with Crippen LogP contribution in [0.1, 0.15) is 38.5 Å². The minimum atomic E-state index is -1.82. The minimum absolute atomic E-state index is 0.306. The van der Waals surface area contributed by atoms with Crippen LogP contribution in [-0.4, -0.2) is 17.8 Å². The highest BCUT2D eigenvalue weighted by molar-refractivity contribution is 5.89. The molecule has 0 aromatic heterocycles. The van der Waals surface area contributed by atoms with E-state index in [1.54, 1.807) is 0 Å². The molecular weight excluding hydrogens is 292 g/mol. The van der Waals surface area contributed by atoms with E-state index < -0.39 is 28.6 Å². The molecule has 0 spiro atoms. The molecule has 3 rings (SSSR count). The van der Waals surface area contributed by atoms with E-state index in [1.165, 1.54) is 6.08 Å². The number of nitriles is 3. The Labute approximate surface area is 135 Å². The van der Waals surface area contributed by atoms with Crippen molar-refractivity contribution in [1.29, 1.82) is 21.2 Å². The number of nitrogens with one attached hydrogen (secondary N) is 1. The van der Waals surface area contributed by atoms with Crippen LogP contribution in [0.15, 0.2) is 12.7 Å². The van der Waals surface area contributed by atoms with Gasteiger partial charge in [0.25, 0.3) is 0 Å². The maximum atomic E-state index is 9.98. The van der Waals surface area contributed by atoms with Crippen molar-refractivity contribution >= 4 is 5.90 Å². The highest BCUT2D eigenvalue weighted by Crippen LogP contribution is 2.65. The average Bonchev–Trinajstić information content (AvgIpc) is 2.72. The van der Waals surface area contributed by atoms with Gasteiger partial charge in [-0.15, -0.1) is 6.58 Å². The molecule has 1 saturated carbocycles. The van der Waals surface area contributed by atoms with Crippen LogP contribution in [0, 0.1) is 56.2 Å². The van der Waals surface area contributed by atoms with E-state index in [9.17, 15) is 15.8 Å². The molecule has 2 saturated heterocycles. The summed E-state index contributed by atoms with van der Waals surface area (Å²) in [5.41, 5.74) is -3.42. The molecule has 0 amide bonds. The van der Waals surface area contributed by atoms with Crippen LogP contribution < -0.4 is 0 Å². The second-order valence-corrected chi connectivity index (χ2v) is 6.47. The Bertz CT molecular complexity index is 668. The summed E-state index contributed by atoms with van der Waals surface area (Å²) in [4.78, 5) is 0. The maximum absolute atomic E-state index is 9.98. The van der Waals surface area contributed by atoms with Gasteiger partial charge in [-0.2, -0.15) is 15.8 Å². The Kier molecular flexibility index (Phi) is 3.43. The first-order valence-corrected chi connectivity index (χ1v) is 7.89. The second kappa shape index (κ2) is 5.08. The molecule has 3 aliphatic rings. The van der Waals surface area contributed by atoms with Crippen molar-refractivity contribution in [2.24, 2.45) is 16.7 Å². The van der Waals surface area contributed by atoms with Gasteiger partial charge in [-0.05, 0) is 12.8 Å². The lowest BCUT2D eigenvalue weighted by atomic mass is 9.53. The predicted molar refractivity (Wildman–Crippen MR) is 79.5 cm³/mol. The topological polar surface area (TPSA) is 114 Å². The molecule has 6 heteroatoms. The van der Waals surface area contributed by atoms with E-state index in [-0.39, 0.29) is 5.90 Å². The van der Waals surface area contributed by atoms with Crippen LogP contribution >= 0.6 is 0 Å². The van der Waals surface area contributed by atoms with Gasteiger partial charge in [0.1, 0.15) is 6.10 Å². The molecule has 2 heterocycles. The molecule has 1 aliphatic carbocycles. The van der Waals surface area contributed by atoms with Gasteiger partial charge in [-0.1, -0.05) is 25.3 Å². The summed E-state index contributed by atoms with van der Waals surface area (Å²) in [6, 6.07) is 6.10. The molecule has 6 nitrogen and oxygen atoms in total. The molecule has 0 aromatic rings. The summed E-state index contributed by atoms with van der Waals surface area (Å²) in [6.45, 7) is 3.68. The highest BCUT2D eigenvalue weighted by Gasteiger charge is 2.79. The lowest BCUT2D eigenvalue weighted by Gasteiger charge is -2.49. The van der Waals surface area contributed by atoms with E-state index in [2.05, 4.69) is 12.6 Å². The second-order valence-electron chi connectivity index (χ2n) is 6.47. The van der Waals surface area contributed by atoms with Crippen molar-refractivity contribution in [3.63, 3.8) is 0 Å². The van der Waals surface area contributed by atoms with E-state index in [1.807, 2.05) is 12.1 Å². The van der Waals surface area contributed by atoms with Crippen LogP contribution in [-0.2, 0) is 9.47 Å². The molecule has 2 bridgehead atoms. The van der Waals surface area contributed by atoms with Gasteiger partial charge in [-0.25, -0.2) is 0 Å². The fourth-order valence-electron chi connectivity index (χ4n) is 4.46. The molecule has 4 unspecified atom stereocenters. The summed E-state index contributed by atoms with van der Waals surface area (Å²) in [6.07, 6.45) is 5.37. The van der Waals surface area contributed by atoms with E-state index in [4.69, 9.17) is 14.9 Å². The van der Waals surface area contributed by atoms with Gasteiger partial charge in [0, 0.05) is 6.42 Å². The number of hydrogen-bond donors (Lipinski definition) is 1. The highest BCUT2D eigenvalue weighted by atomic mass is 16.7. The SMILES string of the molecule is C=CC1OC23CCCCCCC2C(C#N)(C(=N)O3)C1(C#N)C#N. The summed E-state index contributed by atoms with van der Waals surface area (Å²) in [5, 5.41) is 37.9. The predicted octanol–water partition coefficient (Wildman–Crippen LogP) is 2.79. The molecule has 3 fully saturated rings.